The van der Waals surface area contributed by atoms with Gasteiger partial charge >= 0.3 is 0 Å². The van der Waals surface area contributed by atoms with Crippen LogP contribution in [0.2, 0.25) is 0 Å². The van der Waals surface area contributed by atoms with Crippen LogP contribution in [-0.2, 0) is 4.79 Å². The summed E-state index contributed by atoms with van der Waals surface area (Å²) in [7, 11) is 0. The summed E-state index contributed by atoms with van der Waals surface area (Å²) in [5, 5.41) is 12.3. The maximum Gasteiger partial charge on any atom is 0.231 e. The van der Waals surface area contributed by atoms with Crippen molar-refractivity contribution in [3.8, 4) is 6.07 Å². The van der Waals surface area contributed by atoms with Gasteiger partial charge in [-0.25, -0.2) is 0 Å². The van der Waals surface area contributed by atoms with E-state index >= 15 is 0 Å². The summed E-state index contributed by atoms with van der Waals surface area (Å²) < 4.78 is 0. The lowest BCUT2D eigenvalue weighted by Gasteiger charge is -2.26. The number of carbonyl (C=O) groups is 1. The van der Waals surface area contributed by atoms with Crippen molar-refractivity contribution >= 4 is 17.7 Å². The quantitative estimate of drug-likeness (QED) is 0.731. The van der Waals surface area contributed by atoms with E-state index in [-0.39, 0.29) is 5.91 Å². The maximum atomic E-state index is 11.9. The summed E-state index contributed by atoms with van der Waals surface area (Å²) in [5.41, 5.74) is 4.92. The molecule has 1 amide bonds. The van der Waals surface area contributed by atoms with Crippen molar-refractivity contribution in [1.29, 1.82) is 5.26 Å². The van der Waals surface area contributed by atoms with E-state index in [0.717, 1.165) is 31.4 Å². The largest absolute Gasteiger partial charge is 0.337 e. The predicted molar refractivity (Wildman–Crippen MR) is 79.7 cm³/mol. The highest BCUT2D eigenvalue weighted by Gasteiger charge is 2.32. The van der Waals surface area contributed by atoms with Crippen molar-refractivity contribution < 1.29 is 4.79 Å². The molecule has 1 unspecified atom stereocenters. The highest BCUT2D eigenvalue weighted by atomic mass is 32.2. The molecule has 4 nitrogen and oxygen atoms in total. The smallest absolute Gasteiger partial charge is 0.231 e. The molecule has 1 fully saturated rings. The summed E-state index contributed by atoms with van der Waals surface area (Å²) >= 11 is 1.60. The highest BCUT2D eigenvalue weighted by molar-refractivity contribution is 7.99. The fourth-order valence-electron chi connectivity index (χ4n) is 2.32. The summed E-state index contributed by atoms with van der Waals surface area (Å²) in [4.78, 5) is 11.9. The van der Waals surface area contributed by atoms with Gasteiger partial charge < -0.3 is 11.1 Å². The Kier molecular flexibility index (Phi) is 7.25. The fraction of sp³-hybridized carbons (Fsp3) is 0.857. The van der Waals surface area contributed by atoms with E-state index in [2.05, 4.69) is 18.3 Å². The lowest BCUT2D eigenvalue weighted by molar-refractivity contribution is -0.120. The third-order valence-electron chi connectivity index (χ3n) is 3.59. The summed E-state index contributed by atoms with van der Waals surface area (Å²) in [6.45, 7) is 2.73. The minimum Gasteiger partial charge on any atom is -0.337 e. The van der Waals surface area contributed by atoms with Crippen LogP contribution in [0.4, 0.5) is 0 Å². The molecule has 1 atom stereocenters. The van der Waals surface area contributed by atoms with Crippen molar-refractivity contribution in [2.45, 2.75) is 51.0 Å². The van der Waals surface area contributed by atoms with Gasteiger partial charge in [-0.1, -0.05) is 32.6 Å². The third kappa shape index (κ3) is 5.84. The van der Waals surface area contributed by atoms with Crippen LogP contribution in [0, 0.1) is 17.2 Å². The second kappa shape index (κ2) is 8.44. The Morgan fingerprint density at radius 3 is 2.58 bits per heavy atom. The Hall–Kier alpha value is -0.730. The first kappa shape index (κ1) is 16.3. The number of nitriles is 1. The Labute approximate surface area is 120 Å². The van der Waals surface area contributed by atoms with E-state index in [1.807, 2.05) is 0 Å². The molecule has 1 rings (SSSR count). The van der Waals surface area contributed by atoms with E-state index in [1.165, 1.54) is 12.8 Å². The molecule has 1 aliphatic rings. The Bertz CT molecular complexity index is 319. The molecular weight excluding hydrogens is 258 g/mol. The Balaban J connectivity index is 2.38. The molecule has 0 spiro atoms. The number of nitrogens with one attached hydrogen (secondary N) is 1. The molecule has 19 heavy (non-hydrogen) atoms. The summed E-state index contributed by atoms with van der Waals surface area (Å²) in [5.74, 6) is 1.73. The van der Waals surface area contributed by atoms with Crippen molar-refractivity contribution in [2.75, 3.05) is 18.1 Å². The number of nitrogens with zero attached hydrogens (tertiary/aromatic N) is 1. The molecule has 0 radical (unpaired) electrons. The number of amides is 1. The van der Waals surface area contributed by atoms with Crippen molar-refractivity contribution in [3.05, 3.63) is 0 Å². The summed E-state index contributed by atoms with van der Waals surface area (Å²) in [6, 6.07) is 2.34. The van der Waals surface area contributed by atoms with Gasteiger partial charge in [0.25, 0.3) is 0 Å². The van der Waals surface area contributed by atoms with Gasteiger partial charge in [0.05, 0.1) is 11.8 Å². The number of carbonyl (C=O) groups excluding carboxylic acids is 1. The average Bonchev–Trinajstić information content (AvgIpc) is 2.64. The first-order chi connectivity index (χ1) is 9.12. The molecule has 0 aromatic rings. The molecule has 1 saturated carbocycles. The zero-order valence-electron chi connectivity index (χ0n) is 11.8. The van der Waals surface area contributed by atoms with E-state index in [0.29, 0.717) is 18.2 Å². The van der Waals surface area contributed by atoms with Gasteiger partial charge in [0, 0.05) is 0 Å². The average molecular weight is 283 g/mol. The van der Waals surface area contributed by atoms with Crippen LogP contribution < -0.4 is 11.1 Å². The lowest BCUT2D eigenvalue weighted by atomic mass is 9.92. The molecule has 0 saturated heterocycles. The second-order valence-electron chi connectivity index (χ2n) is 5.51. The minimum absolute atomic E-state index is 0.0160. The molecule has 0 bridgehead atoms. The van der Waals surface area contributed by atoms with Crippen LogP contribution in [-0.4, -0.2) is 29.5 Å². The SMILES string of the molecule is CC(CN)CSCC(=O)NC1(C#N)CCCCCC1. The number of thioether (sulfide) groups is 1. The zero-order chi connectivity index (χ0) is 14.1. The molecule has 0 heterocycles. The van der Waals surface area contributed by atoms with E-state index < -0.39 is 5.54 Å². The van der Waals surface area contributed by atoms with Crippen LogP contribution in [0.15, 0.2) is 0 Å². The van der Waals surface area contributed by atoms with Crippen LogP contribution in [0.1, 0.15) is 45.4 Å². The molecule has 108 valence electrons. The van der Waals surface area contributed by atoms with Crippen LogP contribution in [0.25, 0.3) is 0 Å². The number of hydrogen-bond donors (Lipinski definition) is 2. The Morgan fingerprint density at radius 2 is 2.05 bits per heavy atom. The maximum absolute atomic E-state index is 11.9. The van der Waals surface area contributed by atoms with Crippen LogP contribution >= 0.6 is 11.8 Å². The molecule has 0 aliphatic heterocycles. The van der Waals surface area contributed by atoms with Gasteiger partial charge in [-0.05, 0) is 31.1 Å². The Morgan fingerprint density at radius 1 is 1.42 bits per heavy atom. The zero-order valence-corrected chi connectivity index (χ0v) is 12.6. The topological polar surface area (TPSA) is 78.9 Å². The van der Waals surface area contributed by atoms with Crippen molar-refractivity contribution in [1.82, 2.24) is 5.32 Å². The number of hydrogen-bond acceptors (Lipinski definition) is 4. The van der Waals surface area contributed by atoms with E-state index in [1.54, 1.807) is 11.8 Å². The van der Waals surface area contributed by atoms with E-state index in [9.17, 15) is 10.1 Å². The van der Waals surface area contributed by atoms with Crippen LogP contribution in [0.3, 0.4) is 0 Å². The first-order valence-corrected chi connectivity index (χ1v) is 8.27. The normalized spacial score (nSPS) is 20.1. The highest BCUT2D eigenvalue weighted by Crippen LogP contribution is 2.26. The van der Waals surface area contributed by atoms with Gasteiger partial charge in [-0.3, -0.25) is 4.79 Å². The lowest BCUT2D eigenvalue weighted by Crippen LogP contribution is -2.47. The third-order valence-corrected chi connectivity index (χ3v) is 4.86. The van der Waals surface area contributed by atoms with Gasteiger partial charge in [0.1, 0.15) is 5.54 Å². The van der Waals surface area contributed by atoms with Crippen molar-refractivity contribution in [3.63, 3.8) is 0 Å². The molecule has 5 heteroatoms. The van der Waals surface area contributed by atoms with E-state index in [4.69, 9.17) is 5.73 Å². The first-order valence-electron chi connectivity index (χ1n) is 7.12. The summed E-state index contributed by atoms with van der Waals surface area (Å²) in [6.07, 6.45) is 5.98. The van der Waals surface area contributed by atoms with Gasteiger partial charge in [-0.2, -0.15) is 17.0 Å². The van der Waals surface area contributed by atoms with Crippen molar-refractivity contribution in [2.24, 2.45) is 11.7 Å². The number of nitrogens with two attached hydrogens (primary N) is 1. The molecule has 0 aromatic heterocycles. The van der Waals surface area contributed by atoms with Crippen LogP contribution in [0.5, 0.6) is 0 Å². The van der Waals surface area contributed by atoms with Gasteiger partial charge in [-0.15, -0.1) is 0 Å². The molecule has 3 N–H and O–H groups in total. The molecular formula is C14H25N3OS. The fourth-order valence-corrected chi connectivity index (χ4v) is 3.23. The number of rotatable bonds is 6. The van der Waals surface area contributed by atoms with Gasteiger partial charge in [0.15, 0.2) is 0 Å². The van der Waals surface area contributed by atoms with Gasteiger partial charge in [0.2, 0.25) is 5.91 Å². The molecule has 0 aromatic carbocycles. The standard InChI is InChI=1S/C14H25N3OS/c1-12(8-15)9-19-10-13(18)17-14(11-16)6-4-2-3-5-7-14/h12H,2-10,15H2,1H3,(H,17,18). The molecule has 1 aliphatic carbocycles. The minimum atomic E-state index is -0.617. The predicted octanol–water partition coefficient (Wildman–Crippen LogP) is 2.05. The monoisotopic (exact) mass is 283 g/mol. The second-order valence-corrected chi connectivity index (χ2v) is 6.54.